The molecule has 2 N–H and O–H groups in total. The minimum atomic E-state index is 0.685. The summed E-state index contributed by atoms with van der Waals surface area (Å²) in [5.41, 5.74) is 0. The number of nitrogens with zero attached hydrogens (tertiary/aromatic N) is 2. The van der Waals surface area contributed by atoms with Gasteiger partial charge in [-0.1, -0.05) is 12.8 Å². The summed E-state index contributed by atoms with van der Waals surface area (Å²) < 4.78 is 0. The molecular formula is C15H26N4. The molecule has 3 heterocycles. The Morgan fingerprint density at radius 1 is 1.00 bits per heavy atom. The molecule has 0 aromatic carbocycles. The molecule has 4 atom stereocenters. The largest absolute Gasteiger partial charge is 0.351 e. The monoisotopic (exact) mass is 262 g/mol. The number of fused-ring (bicyclic) bond motifs is 3. The van der Waals surface area contributed by atoms with Gasteiger partial charge in [-0.25, -0.2) is 0 Å². The van der Waals surface area contributed by atoms with Gasteiger partial charge in [-0.2, -0.15) is 0 Å². The minimum absolute atomic E-state index is 0.685. The Kier molecular flexibility index (Phi) is 3.14. The van der Waals surface area contributed by atoms with Crippen LogP contribution in [0.3, 0.4) is 0 Å². The average molecular weight is 262 g/mol. The van der Waals surface area contributed by atoms with E-state index in [2.05, 4.69) is 15.5 Å². The molecule has 0 amide bonds. The van der Waals surface area contributed by atoms with Gasteiger partial charge in [0.2, 0.25) is 0 Å². The second kappa shape index (κ2) is 4.97. The zero-order valence-corrected chi connectivity index (χ0v) is 11.8. The highest BCUT2D eigenvalue weighted by Gasteiger charge is 2.45. The van der Waals surface area contributed by atoms with Gasteiger partial charge < -0.3 is 15.5 Å². The second-order valence-corrected chi connectivity index (χ2v) is 6.68. The molecule has 3 aliphatic heterocycles. The van der Waals surface area contributed by atoms with Gasteiger partial charge in [0.05, 0.1) is 6.04 Å². The highest BCUT2D eigenvalue weighted by atomic mass is 15.4. The Labute approximate surface area is 116 Å². The van der Waals surface area contributed by atoms with Gasteiger partial charge in [-0.05, 0) is 51.1 Å². The quantitative estimate of drug-likeness (QED) is 0.749. The van der Waals surface area contributed by atoms with E-state index < -0.39 is 0 Å². The molecule has 2 saturated heterocycles. The van der Waals surface area contributed by atoms with Crippen molar-refractivity contribution in [1.82, 2.24) is 15.5 Å². The van der Waals surface area contributed by atoms with Crippen molar-refractivity contribution in [3.8, 4) is 0 Å². The van der Waals surface area contributed by atoms with Gasteiger partial charge in [0.25, 0.3) is 0 Å². The van der Waals surface area contributed by atoms with Crippen molar-refractivity contribution in [2.24, 2.45) is 10.9 Å². The molecule has 4 aliphatic rings. The van der Waals surface area contributed by atoms with Crippen LogP contribution in [0.5, 0.6) is 0 Å². The van der Waals surface area contributed by atoms with E-state index in [-0.39, 0.29) is 0 Å². The highest BCUT2D eigenvalue weighted by molar-refractivity contribution is 5.84. The van der Waals surface area contributed by atoms with Crippen LogP contribution in [0.2, 0.25) is 0 Å². The lowest BCUT2D eigenvalue weighted by Gasteiger charge is -2.43. The maximum absolute atomic E-state index is 4.77. The predicted molar refractivity (Wildman–Crippen MR) is 77.3 cm³/mol. The number of hydrogen-bond donors (Lipinski definition) is 2. The standard InChI is InChI=1S/C15H26N4/c1-2-6-14-12(5-1)18-15-17-9-7-13(19(14)15)11-4-3-8-16-10-11/h11-14,16H,1-10H2,(H,17,18). The fourth-order valence-electron chi connectivity index (χ4n) is 4.65. The zero-order chi connectivity index (χ0) is 12.7. The fraction of sp³-hybridized carbons (Fsp3) is 0.933. The van der Waals surface area contributed by atoms with Gasteiger partial charge in [-0.15, -0.1) is 0 Å². The van der Waals surface area contributed by atoms with Gasteiger partial charge in [-0.3, -0.25) is 4.99 Å². The first-order chi connectivity index (χ1) is 9.43. The fourth-order valence-corrected chi connectivity index (χ4v) is 4.65. The van der Waals surface area contributed by atoms with E-state index in [9.17, 15) is 0 Å². The Bertz CT molecular complexity index is 361. The molecule has 0 aromatic heterocycles. The summed E-state index contributed by atoms with van der Waals surface area (Å²) in [5.74, 6) is 2.07. The molecule has 4 nitrogen and oxygen atoms in total. The van der Waals surface area contributed by atoms with E-state index in [0.29, 0.717) is 6.04 Å². The minimum Gasteiger partial charge on any atom is -0.351 e. The third kappa shape index (κ3) is 2.04. The van der Waals surface area contributed by atoms with Crippen molar-refractivity contribution in [1.29, 1.82) is 0 Å². The average Bonchev–Trinajstić information content (AvgIpc) is 2.86. The Balaban J connectivity index is 1.57. The number of piperidine rings is 1. The van der Waals surface area contributed by atoms with Crippen LogP contribution in [0.4, 0.5) is 0 Å². The van der Waals surface area contributed by atoms with E-state index >= 15 is 0 Å². The topological polar surface area (TPSA) is 39.7 Å². The first-order valence-corrected chi connectivity index (χ1v) is 8.23. The lowest BCUT2D eigenvalue weighted by atomic mass is 9.85. The molecule has 0 bridgehead atoms. The van der Waals surface area contributed by atoms with Crippen LogP contribution in [-0.4, -0.2) is 48.6 Å². The Morgan fingerprint density at radius 2 is 1.95 bits per heavy atom. The van der Waals surface area contributed by atoms with Crippen LogP contribution in [0.25, 0.3) is 0 Å². The van der Waals surface area contributed by atoms with Crippen LogP contribution in [0.15, 0.2) is 4.99 Å². The summed E-state index contributed by atoms with van der Waals surface area (Å²) in [6, 6.07) is 2.16. The molecule has 0 spiro atoms. The van der Waals surface area contributed by atoms with Crippen LogP contribution >= 0.6 is 0 Å². The molecule has 4 rings (SSSR count). The lowest BCUT2D eigenvalue weighted by molar-refractivity contribution is 0.127. The first kappa shape index (κ1) is 12.0. The molecule has 3 fully saturated rings. The van der Waals surface area contributed by atoms with Gasteiger partial charge in [0.1, 0.15) is 0 Å². The third-order valence-corrected chi connectivity index (χ3v) is 5.57. The molecule has 19 heavy (non-hydrogen) atoms. The molecule has 0 radical (unpaired) electrons. The smallest absolute Gasteiger partial charge is 0.194 e. The summed E-state index contributed by atoms with van der Waals surface area (Å²) in [4.78, 5) is 7.47. The molecule has 1 aliphatic carbocycles. The molecule has 0 aromatic rings. The van der Waals surface area contributed by atoms with Gasteiger partial charge in [0, 0.05) is 18.6 Å². The second-order valence-electron chi connectivity index (χ2n) is 6.68. The molecule has 106 valence electrons. The van der Waals surface area contributed by atoms with Gasteiger partial charge in [0.15, 0.2) is 5.96 Å². The number of guanidine groups is 1. The van der Waals surface area contributed by atoms with Gasteiger partial charge >= 0.3 is 0 Å². The SMILES string of the molecule is C1CNCC(C2CCN=C3NC4CCCCC4N32)C1. The van der Waals surface area contributed by atoms with E-state index in [4.69, 9.17) is 4.99 Å². The lowest BCUT2D eigenvalue weighted by Crippen LogP contribution is -2.53. The van der Waals surface area contributed by atoms with Crippen molar-refractivity contribution in [2.45, 2.75) is 63.1 Å². The van der Waals surface area contributed by atoms with Crippen molar-refractivity contribution in [2.75, 3.05) is 19.6 Å². The van der Waals surface area contributed by atoms with E-state index in [1.165, 1.54) is 64.0 Å². The van der Waals surface area contributed by atoms with Crippen LogP contribution in [0, 0.1) is 5.92 Å². The summed E-state index contributed by atoms with van der Waals surface area (Å²) >= 11 is 0. The van der Waals surface area contributed by atoms with Crippen molar-refractivity contribution in [3.05, 3.63) is 0 Å². The predicted octanol–water partition coefficient (Wildman–Crippen LogP) is 1.33. The third-order valence-electron chi connectivity index (χ3n) is 5.57. The summed E-state index contributed by atoms with van der Waals surface area (Å²) in [6.07, 6.45) is 9.53. The van der Waals surface area contributed by atoms with Crippen LogP contribution < -0.4 is 10.6 Å². The summed E-state index contributed by atoms with van der Waals surface area (Å²) in [5, 5.41) is 7.32. The first-order valence-electron chi connectivity index (χ1n) is 8.23. The number of hydrogen-bond acceptors (Lipinski definition) is 4. The zero-order valence-electron chi connectivity index (χ0n) is 11.8. The molecular weight excluding hydrogens is 236 g/mol. The summed E-state index contributed by atoms with van der Waals surface area (Å²) in [7, 11) is 0. The highest BCUT2D eigenvalue weighted by Crippen LogP contribution is 2.35. The maximum atomic E-state index is 4.77. The van der Waals surface area contributed by atoms with Crippen molar-refractivity contribution in [3.63, 3.8) is 0 Å². The van der Waals surface area contributed by atoms with Crippen molar-refractivity contribution < 1.29 is 0 Å². The van der Waals surface area contributed by atoms with E-state index in [0.717, 1.165) is 24.5 Å². The Morgan fingerprint density at radius 3 is 2.84 bits per heavy atom. The number of rotatable bonds is 1. The van der Waals surface area contributed by atoms with Crippen LogP contribution in [0.1, 0.15) is 44.9 Å². The van der Waals surface area contributed by atoms with E-state index in [1.807, 2.05) is 0 Å². The normalized spacial score (nSPS) is 42.1. The molecule has 4 heteroatoms. The van der Waals surface area contributed by atoms with Crippen LogP contribution in [-0.2, 0) is 0 Å². The maximum Gasteiger partial charge on any atom is 0.194 e. The van der Waals surface area contributed by atoms with E-state index in [1.54, 1.807) is 0 Å². The van der Waals surface area contributed by atoms with Crippen molar-refractivity contribution >= 4 is 5.96 Å². The molecule has 1 saturated carbocycles. The number of nitrogens with one attached hydrogen (secondary N) is 2. The number of aliphatic imine (C=N–C) groups is 1. The molecule has 4 unspecified atom stereocenters. The Hall–Kier alpha value is -0.770. The summed E-state index contributed by atoms with van der Waals surface area (Å²) in [6.45, 7) is 3.46.